The second-order valence-corrected chi connectivity index (χ2v) is 5.70. The van der Waals surface area contributed by atoms with Gasteiger partial charge < -0.3 is 4.81 Å². The molecule has 1 aliphatic carbocycles. The van der Waals surface area contributed by atoms with Crippen molar-refractivity contribution in [3.8, 4) is 0 Å². The molecule has 0 amide bonds. The van der Waals surface area contributed by atoms with Crippen LogP contribution in [0.15, 0.2) is 0 Å². The second-order valence-electron chi connectivity index (χ2n) is 5.70. The minimum atomic E-state index is -0.181. The molecule has 0 N–H and O–H groups in total. The molecule has 2 fully saturated rings. The summed E-state index contributed by atoms with van der Waals surface area (Å²) in [6, 6.07) is 0. The molecular weight excluding hydrogens is 157 g/mol. The molecule has 0 aromatic rings. The van der Waals surface area contributed by atoms with Crippen LogP contribution in [0, 0.1) is 0 Å². The van der Waals surface area contributed by atoms with Crippen LogP contribution in [0.4, 0.5) is 0 Å². The summed E-state index contributed by atoms with van der Waals surface area (Å²) in [6.07, 6.45) is 8.69. The Kier molecular flexibility index (Phi) is 2.68. The van der Waals surface area contributed by atoms with E-state index in [1.165, 1.54) is 51.6 Å². The van der Waals surface area contributed by atoms with E-state index in [9.17, 15) is 0 Å². The molecule has 0 radical (unpaired) electrons. The van der Waals surface area contributed by atoms with Crippen molar-refractivity contribution >= 4 is 6.28 Å². The SMILES string of the molecule is C[B-](C)(C1CCCC1)N1CCCC1. The normalized spacial score (nSPS) is 27.2. The molecule has 1 saturated heterocycles. The summed E-state index contributed by atoms with van der Waals surface area (Å²) >= 11 is 0. The molecule has 0 aromatic heterocycles. The third-order valence-electron chi connectivity index (χ3n) is 4.64. The van der Waals surface area contributed by atoms with Gasteiger partial charge in [0.05, 0.1) is 6.28 Å². The molecular formula is C11H23BN-. The smallest absolute Gasteiger partial charge is 0.0595 e. The molecule has 2 heteroatoms. The van der Waals surface area contributed by atoms with Crippen molar-refractivity contribution in [2.45, 2.75) is 58.0 Å². The van der Waals surface area contributed by atoms with E-state index in [0.29, 0.717) is 0 Å². The van der Waals surface area contributed by atoms with Crippen molar-refractivity contribution < 1.29 is 0 Å². The molecule has 1 saturated carbocycles. The van der Waals surface area contributed by atoms with Crippen molar-refractivity contribution in [2.24, 2.45) is 0 Å². The fourth-order valence-electron chi connectivity index (χ4n) is 3.48. The van der Waals surface area contributed by atoms with Gasteiger partial charge in [-0.15, -0.1) is 0 Å². The molecule has 0 unspecified atom stereocenters. The van der Waals surface area contributed by atoms with E-state index >= 15 is 0 Å². The average molecular weight is 180 g/mol. The fourth-order valence-corrected chi connectivity index (χ4v) is 3.48. The molecule has 0 spiro atoms. The molecule has 1 heterocycles. The third kappa shape index (κ3) is 1.78. The van der Waals surface area contributed by atoms with Crippen molar-refractivity contribution in [3.05, 3.63) is 0 Å². The van der Waals surface area contributed by atoms with E-state index < -0.39 is 0 Å². The van der Waals surface area contributed by atoms with Crippen molar-refractivity contribution in [1.82, 2.24) is 4.81 Å². The lowest BCUT2D eigenvalue weighted by atomic mass is 9.29. The lowest BCUT2D eigenvalue weighted by molar-refractivity contribution is 0.500. The highest BCUT2D eigenvalue weighted by molar-refractivity contribution is 6.76. The highest BCUT2D eigenvalue weighted by Gasteiger charge is 2.32. The van der Waals surface area contributed by atoms with E-state index in [-0.39, 0.29) is 6.28 Å². The predicted molar refractivity (Wildman–Crippen MR) is 60.5 cm³/mol. The van der Waals surface area contributed by atoms with Crippen LogP contribution in [0.3, 0.4) is 0 Å². The van der Waals surface area contributed by atoms with Gasteiger partial charge in [-0.25, -0.2) is 0 Å². The van der Waals surface area contributed by atoms with Gasteiger partial charge in [0.25, 0.3) is 0 Å². The molecule has 1 nitrogen and oxygen atoms in total. The molecule has 2 rings (SSSR count). The Morgan fingerprint density at radius 2 is 1.46 bits per heavy atom. The maximum Gasteiger partial charge on any atom is 0.0595 e. The Morgan fingerprint density at radius 1 is 0.923 bits per heavy atom. The predicted octanol–water partition coefficient (Wildman–Crippen LogP) is 3.23. The van der Waals surface area contributed by atoms with Gasteiger partial charge in [-0.2, -0.15) is 19.5 Å². The molecule has 0 aromatic carbocycles. The maximum atomic E-state index is 2.79. The first kappa shape index (κ1) is 9.58. The standard InChI is InChI=1S/C11H23BN/c1-12(2,11-7-3-4-8-11)13-9-5-6-10-13/h11H,3-10H2,1-2H3/q-1. The van der Waals surface area contributed by atoms with E-state index in [1.54, 1.807) is 0 Å². The van der Waals surface area contributed by atoms with Crippen LogP contribution in [0.2, 0.25) is 19.5 Å². The van der Waals surface area contributed by atoms with E-state index in [4.69, 9.17) is 0 Å². The molecule has 0 atom stereocenters. The van der Waals surface area contributed by atoms with Crippen LogP contribution in [0.25, 0.3) is 0 Å². The van der Waals surface area contributed by atoms with E-state index in [1.807, 2.05) is 0 Å². The van der Waals surface area contributed by atoms with Crippen LogP contribution in [-0.2, 0) is 0 Å². The monoisotopic (exact) mass is 180 g/mol. The zero-order chi connectivity index (χ0) is 9.31. The fraction of sp³-hybridized carbons (Fsp3) is 1.00. The summed E-state index contributed by atoms with van der Waals surface area (Å²) in [7, 11) is 0. The minimum Gasteiger partial charge on any atom is -0.475 e. The van der Waals surface area contributed by atoms with Crippen molar-refractivity contribution in [2.75, 3.05) is 13.1 Å². The Balaban J connectivity index is 1.99. The summed E-state index contributed by atoms with van der Waals surface area (Å²) in [6.45, 7) is 7.82. The zero-order valence-corrected chi connectivity index (χ0v) is 9.26. The maximum absolute atomic E-state index is 2.79. The van der Waals surface area contributed by atoms with Gasteiger partial charge in [-0.05, 0) is 25.9 Å². The molecule has 13 heavy (non-hydrogen) atoms. The van der Waals surface area contributed by atoms with Crippen LogP contribution >= 0.6 is 0 Å². The van der Waals surface area contributed by atoms with E-state index in [2.05, 4.69) is 18.5 Å². The van der Waals surface area contributed by atoms with Gasteiger partial charge in [0.2, 0.25) is 0 Å². The average Bonchev–Trinajstić information content (AvgIpc) is 2.78. The minimum absolute atomic E-state index is 0.181. The van der Waals surface area contributed by atoms with Crippen LogP contribution in [-0.4, -0.2) is 24.2 Å². The van der Waals surface area contributed by atoms with Crippen molar-refractivity contribution in [1.29, 1.82) is 0 Å². The Labute approximate surface area is 82.8 Å². The van der Waals surface area contributed by atoms with Gasteiger partial charge >= 0.3 is 0 Å². The molecule has 2 aliphatic rings. The number of nitrogens with zero attached hydrogens (tertiary/aromatic N) is 1. The summed E-state index contributed by atoms with van der Waals surface area (Å²) in [5, 5.41) is 0. The Morgan fingerprint density at radius 3 is 2.00 bits per heavy atom. The van der Waals surface area contributed by atoms with Crippen LogP contribution in [0.5, 0.6) is 0 Å². The van der Waals surface area contributed by atoms with Gasteiger partial charge in [-0.1, -0.05) is 25.7 Å². The first-order valence-electron chi connectivity index (χ1n) is 6.20. The highest BCUT2D eigenvalue weighted by atomic mass is 15.1. The lowest BCUT2D eigenvalue weighted by Crippen LogP contribution is -2.50. The summed E-state index contributed by atoms with van der Waals surface area (Å²) in [4.78, 5) is 2.79. The summed E-state index contributed by atoms with van der Waals surface area (Å²) in [5.41, 5.74) is 0. The lowest BCUT2D eigenvalue weighted by Gasteiger charge is -2.47. The topological polar surface area (TPSA) is 3.24 Å². The number of hydrogen-bond acceptors (Lipinski definition) is 1. The molecule has 0 bridgehead atoms. The quantitative estimate of drug-likeness (QED) is 0.589. The second kappa shape index (κ2) is 3.64. The Bertz CT molecular complexity index is 149. The molecule has 1 aliphatic heterocycles. The van der Waals surface area contributed by atoms with Gasteiger partial charge in [0.1, 0.15) is 0 Å². The first-order chi connectivity index (χ1) is 6.21. The van der Waals surface area contributed by atoms with Crippen LogP contribution in [0.1, 0.15) is 38.5 Å². The van der Waals surface area contributed by atoms with Gasteiger partial charge in [-0.3, -0.25) is 0 Å². The van der Waals surface area contributed by atoms with Crippen molar-refractivity contribution in [3.63, 3.8) is 0 Å². The highest BCUT2D eigenvalue weighted by Crippen LogP contribution is 2.40. The summed E-state index contributed by atoms with van der Waals surface area (Å²) < 4.78 is 0. The van der Waals surface area contributed by atoms with E-state index in [0.717, 1.165) is 5.82 Å². The third-order valence-corrected chi connectivity index (χ3v) is 4.64. The van der Waals surface area contributed by atoms with Gasteiger partial charge in [0, 0.05) is 0 Å². The zero-order valence-electron chi connectivity index (χ0n) is 9.26. The Hall–Kier alpha value is 0.0249. The number of rotatable bonds is 2. The molecule has 76 valence electrons. The summed E-state index contributed by atoms with van der Waals surface area (Å²) in [5.74, 6) is 1.04. The number of hydrogen-bond donors (Lipinski definition) is 0. The van der Waals surface area contributed by atoms with Gasteiger partial charge in [0.15, 0.2) is 0 Å². The largest absolute Gasteiger partial charge is 0.475 e. The first-order valence-corrected chi connectivity index (χ1v) is 6.20. The van der Waals surface area contributed by atoms with Crippen LogP contribution < -0.4 is 0 Å².